The van der Waals surface area contributed by atoms with E-state index in [1.54, 1.807) is 0 Å². The minimum atomic E-state index is -4.56. The van der Waals surface area contributed by atoms with Crippen molar-refractivity contribution in [3.05, 3.63) is 29.8 Å². The molecule has 112 valence electrons. The van der Waals surface area contributed by atoms with Crippen molar-refractivity contribution in [2.75, 3.05) is 25.6 Å². The molecule has 3 N–H and O–H groups in total. The molecule has 1 rings (SSSR count). The number of halogens is 3. The summed E-state index contributed by atoms with van der Waals surface area (Å²) in [5.41, 5.74) is -1.29. The summed E-state index contributed by atoms with van der Waals surface area (Å²) in [5, 5.41) is 13.6. The van der Waals surface area contributed by atoms with Crippen LogP contribution in [-0.2, 0) is 10.9 Å². The summed E-state index contributed by atoms with van der Waals surface area (Å²) < 4.78 is 42.7. The number of ether oxygens (including phenoxy) is 1. The molecular formula is C12H15F3N2O3. The highest BCUT2D eigenvalue weighted by molar-refractivity contribution is 5.90. The van der Waals surface area contributed by atoms with Gasteiger partial charge in [-0.3, -0.25) is 0 Å². The maximum atomic E-state index is 12.7. The third-order valence-electron chi connectivity index (χ3n) is 2.34. The van der Waals surface area contributed by atoms with Crippen LogP contribution < -0.4 is 10.6 Å². The van der Waals surface area contributed by atoms with Gasteiger partial charge in [0.2, 0.25) is 0 Å². The molecule has 0 aliphatic heterocycles. The molecule has 2 amide bonds. The first kappa shape index (κ1) is 16.3. The average Bonchev–Trinajstić information content (AvgIpc) is 2.36. The van der Waals surface area contributed by atoms with E-state index < -0.39 is 23.9 Å². The Labute approximate surface area is 113 Å². The highest BCUT2D eigenvalue weighted by Gasteiger charge is 2.33. The first-order valence-electron chi connectivity index (χ1n) is 5.72. The summed E-state index contributed by atoms with van der Waals surface area (Å²) >= 11 is 0. The van der Waals surface area contributed by atoms with Gasteiger partial charge in [0.25, 0.3) is 0 Å². The summed E-state index contributed by atoms with van der Waals surface area (Å²) in [6, 6.07) is 3.79. The first-order chi connectivity index (χ1) is 9.34. The zero-order valence-corrected chi connectivity index (χ0v) is 10.7. The van der Waals surface area contributed by atoms with Gasteiger partial charge in [-0.05, 0) is 12.1 Å². The second-order valence-electron chi connectivity index (χ2n) is 3.99. The largest absolute Gasteiger partial charge is 0.418 e. The average molecular weight is 292 g/mol. The second-order valence-corrected chi connectivity index (χ2v) is 3.99. The standard InChI is InChI=1S/C12H15F3N2O3/c1-20-7-8(18)6-16-11(19)17-10-5-3-2-4-9(10)12(13,14)15/h2-5,8,18H,6-7H2,1H3,(H2,16,17,19). The molecule has 0 heterocycles. The quantitative estimate of drug-likeness (QED) is 0.775. The number of carbonyl (C=O) groups excluding carboxylic acids is 1. The van der Waals surface area contributed by atoms with Crippen LogP contribution in [0.25, 0.3) is 0 Å². The number of benzene rings is 1. The molecule has 20 heavy (non-hydrogen) atoms. The summed E-state index contributed by atoms with van der Waals surface area (Å²) in [7, 11) is 1.38. The van der Waals surface area contributed by atoms with E-state index in [9.17, 15) is 23.1 Å². The lowest BCUT2D eigenvalue weighted by Crippen LogP contribution is -2.37. The van der Waals surface area contributed by atoms with Crippen molar-refractivity contribution in [1.82, 2.24) is 5.32 Å². The molecular weight excluding hydrogens is 277 g/mol. The molecule has 0 aromatic heterocycles. The van der Waals surface area contributed by atoms with Crippen LogP contribution >= 0.6 is 0 Å². The fraction of sp³-hybridized carbons (Fsp3) is 0.417. The predicted molar refractivity (Wildman–Crippen MR) is 66.3 cm³/mol. The second kappa shape index (κ2) is 7.11. The van der Waals surface area contributed by atoms with Crippen LogP contribution in [0.3, 0.4) is 0 Å². The van der Waals surface area contributed by atoms with Crippen molar-refractivity contribution < 1.29 is 27.8 Å². The molecule has 1 aromatic carbocycles. The minimum absolute atomic E-state index is 0.0133. The monoisotopic (exact) mass is 292 g/mol. The van der Waals surface area contributed by atoms with Gasteiger partial charge >= 0.3 is 12.2 Å². The van der Waals surface area contributed by atoms with E-state index in [2.05, 4.69) is 15.4 Å². The smallest absolute Gasteiger partial charge is 0.389 e. The van der Waals surface area contributed by atoms with E-state index in [4.69, 9.17) is 0 Å². The number of anilines is 1. The first-order valence-corrected chi connectivity index (χ1v) is 5.72. The van der Waals surface area contributed by atoms with Crippen molar-refractivity contribution in [3.8, 4) is 0 Å². The third kappa shape index (κ3) is 5.06. The Morgan fingerprint density at radius 2 is 2.05 bits per heavy atom. The number of hydrogen-bond donors (Lipinski definition) is 3. The van der Waals surface area contributed by atoms with Crippen molar-refractivity contribution in [2.45, 2.75) is 12.3 Å². The number of aliphatic hydroxyl groups excluding tert-OH is 1. The Morgan fingerprint density at radius 3 is 2.65 bits per heavy atom. The number of urea groups is 1. The van der Waals surface area contributed by atoms with E-state index in [0.717, 1.165) is 12.1 Å². The lowest BCUT2D eigenvalue weighted by molar-refractivity contribution is -0.136. The molecule has 1 aromatic rings. The number of methoxy groups -OCH3 is 1. The summed E-state index contributed by atoms with van der Waals surface area (Å²) in [4.78, 5) is 11.5. The normalized spacial score (nSPS) is 12.8. The van der Waals surface area contributed by atoms with Gasteiger partial charge in [0.15, 0.2) is 0 Å². The zero-order chi connectivity index (χ0) is 15.2. The van der Waals surface area contributed by atoms with E-state index in [1.807, 2.05) is 0 Å². The van der Waals surface area contributed by atoms with Crippen molar-refractivity contribution in [1.29, 1.82) is 0 Å². The highest BCUT2D eigenvalue weighted by Crippen LogP contribution is 2.34. The Morgan fingerprint density at radius 1 is 1.40 bits per heavy atom. The van der Waals surface area contributed by atoms with Crippen LogP contribution in [0.15, 0.2) is 24.3 Å². The molecule has 0 fully saturated rings. The molecule has 1 atom stereocenters. The number of alkyl halides is 3. The molecule has 0 radical (unpaired) electrons. The van der Waals surface area contributed by atoms with Gasteiger partial charge in [-0.15, -0.1) is 0 Å². The molecule has 0 bridgehead atoms. The molecule has 0 saturated carbocycles. The topological polar surface area (TPSA) is 70.6 Å². The van der Waals surface area contributed by atoms with Gasteiger partial charge in [0.05, 0.1) is 24.0 Å². The fourth-order valence-corrected chi connectivity index (χ4v) is 1.47. The van der Waals surface area contributed by atoms with Crippen LogP contribution in [0.4, 0.5) is 23.7 Å². The summed E-state index contributed by atoms with van der Waals surface area (Å²) in [6.45, 7) is -0.118. The van der Waals surface area contributed by atoms with Gasteiger partial charge < -0.3 is 20.5 Å². The van der Waals surface area contributed by atoms with Gasteiger partial charge in [-0.25, -0.2) is 4.79 Å². The number of aliphatic hydroxyl groups is 1. The lowest BCUT2D eigenvalue weighted by Gasteiger charge is -2.15. The highest BCUT2D eigenvalue weighted by atomic mass is 19.4. The van der Waals surface area contributed by atoms with Gasteiger partial charge in [-0.2, -0.15) is 13.2 Å². The van der Waals surface area contributed by atoms with E-state index in [0.29, 0.717) is 0 Å². The maximum absolute atomic E-state index is 12.7. The van der Waals surface area contributed by atoms with Gasteiger partial charge in [-0.1, -0.05) is 12.1 Å². The zero-order valence-electron chi connectivity index (χ0n) is 10.7. The maximum Gasteiger partial charge on any atom is 0.418 e. The molecule has 5 nitrogen and oxygen atoms in total. The van der Waals surface area contributed by atoms with E-state index >= 15 is 0 Å². The van der Waals surface area contributed by atoms with Crippen molar-refractivity contribution >= 4 is 11.7 Å². The lowest BCUT2D eigenvalue weighted by atomic mass is 10.1. The Balaban J connectivity index is 2.63. The van der Waals surface area contributed by atoms with Crippen LogP contribution in [-0.4, -0.2) is 37.5 Å². The van der Waals surface area contributed by atoms with Crippen LogP contribution in [0.2, 0.25) is 0 Å². The number of rotatable bonds is 5. The van der Waals surface area contributed by atoms with Crippen LogP contribution in [0, 0.1) is 0 Å². The summed E-state index contributed by atoms with van der Waals surface area (Å²) in [5.74, 6) is 0. The number of para-hydroxylation sites is 1. The van der Waals surface area contributed by atoms with Gasteiger partial charge in [0.1, 0.15) is 0 Å². The Hall–Kier alpha value is -1.80. The Kier molecular flexibility index (Phi) is 5.78. The predicted octanol–water partition coefficient (Wildman–Crippen LogP) is 1.83. The van der Waals surface area contributed by atoms with Gasteiger partial charge in [0, 0.05) is 13.7 Å². The van der Waals surface area contributed by atoms with E-state index in [-0.39, 0.29) is 18.8 Å². The number of amides is 2. The number of hydrogen-bond acceptors (Lipinski definition) is 3. The molecule has 0 aliphatic carbocycles. The molecule has 8 heteroatoms. The number of carbonyl (C=O) groups is 1. The van der Waals surface area contributed by atoms with Crippen LogP contribution in [0.5, 0.6) is 0 Å². The summed E-state index contributed by atoms with van der Waals surface area (Å²) in [6.07, 6.45) is -5.48. The van der Waals surface area contributed by atoms with Crippen molar-refractivity contribution in [2.24, 2.45) is 0 Å². The molecule has 1 unspecified atom stereocenters. The number of nitrogens with one attached hydrogen (secondary N) is 2. The third-order valence-corrected chi connectivity index (χ3v) is 2.34. The minimum Gasteiger partial charge on any atom is -0.389 e. The molecule has 0 saturated heterocycles. The molecule has 0 spiro atoms. The SMILES string of the molecule is COCC(O)CNC(=O)Nc1ccccc1C(F)(F)F. The fourth-order valence-electron chi connectivity index (χ4n) is 1.47. The molecule has 0 aliphatic rings. The van der Waals surface area contributed by atoms with Crippen molar-refractivity contribution in [3.63, 3.8) is 0 Å². The Bertz CT molecular complexity index is 452. The van der Waals surface area contributed by atoms with Crippen LogP contribution in [0.1, 0.15) is 5.56 Å². The van der Waals surface area contributed by atoms with E-state index in [1.165, 1.54) is 19.2 Å².